The third kappa shape index (κ3) is 4.67. The van der Waals surface area contributed by atoms with E-state index in [4.69, 9.17) is 9.47 Å². The van der Waals surface area contributed by atoms with Crippen molar-refractivity contribution in [2.45, 2.75) is 25.2 Å². The van der Waals surface area contributed by atoms with E-state index in [0.29, 0.717) is 49.2 Å². The Kier molecular flexibility index (Phi) is 6.57. The summed E-state index contributed by atoms with van der Waals surface area (Å²) in [6.45, 7) is 5.52. The van der Waals surface area contributed by atoms with Crippen LogP contribution in [0.5, 0.6) is 11.5 Å². The number of benzene rings is 2. The van der Waals surface area contributed by atoms with Gasteiger partial charge in [-0.1, -0.05) is 13.8 Å². The Balaban J connectivity index is 1.42. The van der Waals surface area contributed by atoms with E-state index in [0.717, 1.165) is 0 Å². The Labute approximate surface area is 193 Å². The van der Waals surface area contributed by atoms with Gasteiger partial charge in [0.05, 0.1) is 10.8 Å². The number of nitrogens with zero attached hydrogens (tertiary/aromatic N) is 2. The molecule has 4 rings (SSSR count). The fourth-order valence-electron chi connectivity index (χ4n) is 4.00. The van der Waals surface area contributed by atoms with Crippen LogP contribution in [0, 0.1) is 5.92 Å². The van der Waals surface area contributed by atoms with E-state index in [1.54, 1.807) is 49.1 Å². The Morgan fingerprint density at radius 1 is 1.06 bits per heavy atom. The molecule has 176 valence electrons. The summed E-state index contributed by atoms with van der Waals surface area (Å²) in [6.07, 6.45) is 0.0920. The highest BCUT2D eigenvalue weighted by atomic mass is 32.2. The number of carbonyl (C=O) groups is 2. The van der Waals surface area contributed by atoms with Crippen molar-refractivity contribution in [2.24, 2.45) is 5.92 Å². The minimum absolute atomic E-state index is 0.0920. The van der Waals surface area contributed by atoms with Crippen molar-refractivity contribution in [1.82, 2.24) is 4.31 Å². The highest BCUT2D eigenvalue weighted by molar-refractivity contribution is 7.89. The molecule has 1 unspecified atom stereocenters. The monoisotopic (exact) mass is 473 g/mol. The zero-order chi connectivity index (χ0) is 23.6. The zero-order valence-corrected chi connectivity index (χ0v) is 19.4. The molecule has 0 spiro atoms. The van der Waals surface area contributed by atoms with Crippen LogP contribution < -0.4 is 19.7 Å². The lowest BCUT2D eigenvalue weighted by Gasteiger charge is -2.22. The predicted octanol–water partition coefficient (Wildman–Crippen LogP) is 2.48. The molecule has 2 aromatic rings. The van der Waals surface area contributed by atoms with Crippen molar-refractivity contribution in [3.63, 3.8) is 0 Å². The van der Waals surface area contributed by atoms with Crippen LogP contribution in [0.1, 0.15) is 20.3 Å². The summed E-state index contributed by atoms with van der Waals surface area (Å²) < 4.78 is 37.7. The van der Waals surface area contributed by atoms with Crippen molar-refractivity contribution in [3.05, 3.63) is 42.5 Å². The van der Waals surface area contributed by atoms with Crippen molar-refractivity contribution in [3.8, 4) is 11.5 Å². The molecule has 1 fully saturated rings. The molecule has 2 aromatic carbocycles. The van der Waals surface area contributed by atoms with Crippen molar-refractivity contribution in [1.29, 1.82) is 0 Å². The number of carbonyl (C=O) groups excluding carboxylic acids is 2. The molecule has 10 heteroatoms. The molecule has 2 amide bonds. The van der Waals surface area contributed by atoms with Crippen LogP contribution in [0.3, 0.4) is 0 Å². The van der Waals surface area contributed by atoms with E-state index >= 15 is 0 Å². The van der Waals surface area contributed by atoms with Crippen LogP contribution in [-0.2, 0) is 19.6 Å². The number of hydrogen-bond acceptors (Lipinski definition) is 6. The zero-order valence-electron chi connectivity index (χ0n) is 18.6. The first-order chi connectivity index (χ1) is 15.8. The maximum absolute atomic E-state index is 12.8. The number of ether oxygens (including phenoxy) is 2. The molecule has 33 heavy (non-hydrogen) atoms. The predicted molar refractivity (Wildman–Crippen MR) is 123 cm³/mol. The molecule has 2 aliphatic heterocycles. The van der Waals surface area contributed by atoms with E-state index in [9.17, 15) is 18.0 Å². The summed E-state index contributed by atoms with van der Waals surface area (Å²) in [5.74, 6) is 0.261. The van der Waals surface area contributed by atoms with Crippen LogP contribution >= 0.6 is 0 Å². The second-order valence-electron chi connectivity index (χ2n) is 7.84. The van der Waals surface area contributed by atoms with Gasteiger partial charge in [-0.3, -0.25) is 9.59 Å². The molecular formula is C23H27N3O6S. The Hall–Kier alpha value is -3.11. The number of nitrogens with one attached hydrogen (secondary N) is 1. The summed E-state index contributed by atoms with van der Waals surface area (Å²) in [5, 5.41) is 2.79. The molecule has 0 bridgehead atoms. The topological polar surface area (TPSA) is 105 Å². The first-order valence-corrected chi connectivity index (χ1v) is 12.4. The number of sulfonamides is 1. The molecule has 2 aliphatic rings. The first-order valence-electron chi connectivity index (χ1n) is 10.9. The third-order valence-corrected chi connectivity index (χ3v) is 7.86. The van der Waals surface area contributed by atoms with Gasteiger partial charge in [0.25, 0.3) is 0 Å². The Bertz CT molecular complexity index is 1150. The van der Waals surface area contributed by atoms with Gasteiger partial charge < -0.3 is 19.7 Å². The van der Waals surface area contributed by atoms with Gasteiger partial charge in [0.15, 0.2) is 11.5 Å². The van der Waals surface area contributed by atoms with Crippen LogP contribution in [0.4, 0.5) is 11.4 Å². The summed E-state index contributed by atoms with van der Waals surface area (Å²) in [5.41, 5.74) is 1.13. The number of rotatable bonds is 7. The van der Waals surface area contributed by atoms with E-state index < -0.39 is 15.9 Å². The van der Waals surface area contributed by atoms with Gasteiger partial charge in [-0.05, 0) is 36.4 Å². The second kappa shape index (κ2) is 9.40. The van der Waals surface area contributed by atoms with Gasteiger partial charge in [0, 0.05) is 43.5 Å². The van der Waals surface area contributed by atoms with Crippen molar-refractivity contribution < 1.29 is 27.5 Å². The van der Waals surface area contributed by atoms with Gasteiger partial charge in [-0.15, -0.1) is 0 Å². The summed E-state index contributed by atoms with van der Waals surface area (Å²) in [7, 11) is -3.56. The number of hydrogen-bond donors (Lipinski definition) is 1. The molecule has 1 atom stereocenters. The number of anilines is 2. The molecule has 1 N–H and O–H groups in total. The summed E-state index contributed by atoms with van der Waals surface area (Å²) in [6, 6.07) is 11.4. The fourth-order valence-corrected chi connectivity index (χ4v) is 5.46. The standard InChI is InChI=1S/C23H27N3O6S/c1-3-25(4-2)33(29,30)19-8-5-17(6-9-19)24-23(28)16-13-22(27)26(15-16)18-7-10-20-21(14-18)32-12-11-31-20/h5-10,14,16H,3-4,11-13,15H2,1-2H3,(H,24,28). The third-order valence-electron chi connectivity index (χ3n) is 5.80. The van der Waals surface area contributed by atoms with E-state index in [2.05, 4.69) is 5.32 Å². The average Bonchev–Trinajstić information content (AvgIpc) is 3.21. The second-order valence-corrected chi connectivity index (χ2v) is 9.77. The van der Waals surface area contributed by atoms with Crippen LogP contribution in [0.25, 0.3) is 0 Å². The van der Waals surface area contributed by atoms with Crippen LogP contribution in [-0.4, -0.2) is 57.4 Å². The molecule has 1 saturated heterocycles. The van der Waals surface area contributed by atoms with E-state index in [1.807, 2.05) is 0 Å². The summed E-state index contributed by atoms with van der Waals surface area (Å²) >= 11 is 0. The maximum atomic E-state index is 12.8. The molecule has 0 saturated carbocycles. The normalized spacial score (nSPS) is 18.0. The van der Waals surface area contributed by atoms with Crippen LogP contribution in [0.2, 0.25) is 0 Å². The lowest BCUT2D eigenvalue weighted by molar-refractivity contribution is -0.122. The molecule has 0 aromatic heterocycles. The molecule has 9 nitrogen and oxygen atoms in total. The SMILES string of the molecule is CCN(CC)S(=O)(=O)c1ccc(NC(=O)C2CC(=O)N(c3ccc4c(c3)OCCO4)C2)cc1. The molecule has 2 heterocycles. The minimum Gasteiger partial charge on any atom is -0.486 e. The quantitative estimate of drug-likeness (QED) is 0.662. The minimum atomic E-state index is -3.56. The van der Waals surface area contributed by atoms with Crippen molar-refractivity contribution >= 4 is 33.2 Å². The van der Waals surface area contributed by atoms with Gasteiger partial charge in [-0.2, -0.15) is 4.31 Å². The van der Waals surface area contributed by atoms with Gasteiger partial charge in [0.1, 0.15) is 13.2 Å². The van der Waals surface area contributed by atoms with Crippen LogP contribution in [0.15, 0.2) is 47.4 Å². The molecule has 0 aliphatic carbocycles. The lowest BCUT2D eigenvalue weighted by atomic mass is 10.1. The average molecular weight is 474 g/mol. The smallest absolute Gasteiger partial charge is 0.243 e. The fraction of sp³-hybridized carbons (Fsp3) is 0.391. The molecular weight excluding hydrogens is 446 g/mol. The largest absolute Gasteiger partial charge is 0.486 e. The highest BCUT2D eigenvalue weighted by Gasteiger charge is 2.35. The van der Waals surface area contributed by atoms with E-state index in [-0.39, 0.29) is 29.7 Å². The van der Waals surface area contributed by atoms with E-state index in [1.165, 1.54) is 16.4 Å². The number of fused-ring (bicyclic) bond motifs is 1. The lowest BCUT2D eigenvalue weighted by Crippen LogP contribution is -2.30. The first kappa shape index (κ1) is 23.1. The Morgan fingerprint density at radius 2 is 1.73 bits per heavy atom. The molecule has 0 radical (unpaired) electrons. The van der Waals surface area contributed by atoms with Gasteiger partial charge in [0.2, 0.25) is 21.8 Å². The summed E-state index contributed by atoms with van der Waals surface area (Å²) in [4.78, 5) is 27.1. The Morgan fingerprint density at radius 3 is 2.39 bits per heavy atom. The number of amides is 2. The van der Waals surface area contributed by atoms with Gasteiger partial charge in [-0.25, -0.2) is 8.42 Å². The maximum Gasteiger partial charge on any atom is 0.243 e. The highest BCUT2D eigenvalue weighted by Crippen LogP contribution is 2.36. The van der Waals surface area contributed by atoms with Gasteiger partial charge >= 0.3 is 0 Å². The van der Waals surface area contributed by atoms with Crippen molar-refractivity contribution in [2.75, 3.05) is 43.1 Å².